The molecule has 2 aliphatic heterocycles. The SMILES string of the molecule is CN(Cc1cccc2c1S(=O)(=O)N=C2C1=C(O)[C@H](C(C)(C)C)N(Cc2ccc(F)cc2)C1=O)S(N)(=O)=O. The summed E-state index contributed by atoms with van der Waals surface area (Å²) >= 11 is 0. The summed E-state index contributed by atoms with van der Waals surface area (Å²) in [6, 6.07) is 9.15. The first-order chi connectivity index (χ1) is 17.0. The predicted molar refractivity (Wildman–Crippen MR) is 135 cm³/mol. The van der Waals surface area contributed by atoms with E-state index in [-0.39, 0.29) is 46.2 Å². The van der Waals surface area contributed by atoms with Gasteiger partial charge in [-0.3, -0.25) is 4.79 Å². The highest BCUT2D eigenvalue weighted by molar-refractivity contribution is 7.91. The first-order valence-electron chi connectivity index (χ1n) is 11.2. The molecule has 37 heavy (non-hydrogen) atoms. The third-order valence-electron chi connectivity index (χ3n) is 6.27. The van der Waals surface area contributed by atoms with E-state index >= 15 is 0 Å². The largest absolute Gasteiger partial charge is 0.509 e. The smallest absolute Gasteiger partial charge is 0.283 e. The number of hydrogen-bond acceptors (Lipinski definition) is 6. The van der Waals surface area contributed by atoms with Crippen LogP contribution in [0.25, 0.3) is 0 Å². The lowest BCUT2D eigenvalue weighted by atomic mass is 9.84. The molecule has 0 unspecified atom stereocenters. The zero-order valence-electron chi connectivity index (χ0n) is 20.6. The van der Waals surface area contributed by atoms with E-state index < -0.39 is 43.4 Å². The van der Waals surface area contributed by atoms with Crippen molar-refractivity contribution in [1.29, 1.82) is 0 Å². The number of hydrogen-bond donors (Lipinski definition) is 2. The molecule has 0 radical (unpaired) electrons. The molecular formula is C24H27FN4O6S2. The number of carbonyl (C=O) groups is 1. The zero-order chi connectivity index (χ0) is 27.5. The first-order valence-corrected chi connectivity index (χ1v) is 14.2. The first kappa shape index (κ1) is 26.9. The predicted octanol–water partition coefficient (Wildman–Crippen LogP) is 2.22. The highest BCUT2D eigenvalue weighted by Crippen LogP contribution is 2.41. The molecule has 2 aliphatic rings. The van der Waals surface area contributed by atoms with Crippen LogP contribution in [0.5, 0.6) is 0 Å². The number of aliphatic hydroxyl groups is 1. The van der Waals surface area contributed by atoms with Crippen LogP contribution in [0.15, 0.2) is 63.1 Å². The summed E-state index contributed by atoms with van der Waals surface area (Å²) < 4.78 is 67.7. The quantitative estimate of drug-likeness (QED) is 0.563. The van der Waals surface area contributed by atoms with Gasteiger partial charge in [0.1, 0.15) is 27.8 Å². The Hall–Kier alpha value is -3.13. The van der Waals surface area contributed by atoms with Crippen LogP contribution >= 0.6 is 0 Å². The van der Waals surface area contributed by atoms with Gasteiger partial charge in [-0.2, -0.15) is 25.5 Å². The number of halogens is 1. The van der Waals surface area contributed by atoms with Crippen molar-refractivity contribution in [2.45, 2.75) is 44.8 Å². The number of rotatable bonds is 6. The van der Waals surface area contributed by atoms with Crippen molar-refractivity contribution in [3.05, 3.63) is 76.3 Å². The number of aliphatic hydroxyl groups excluding tert-OH is 1. The molecule has 1 amide bonds. The van der Waals surface area contributed by atoms with Crippen molar-refractivity contribution in [2.24, 2.45) is 15.0 Å². The Morgan fingerprint density at radius 2 is 1.78 bits per heavy atom. The highest BCUT2D eigenvalue weighted by Gasteiger charge is 2.49. The summed E-state index contributed by atoms with van der Waals surface area (Å²) in [5.74, 6) is -1.39. The molecule has 0 fully saturated rings. The van der Waals surface area contributed by atoms with E-state index in [1.54, 1.807) is 0 Å². The third kappa shape index (κ3) is 4.91. The van der Waals surface area contributed by atoms with Crippen molar-refractivity contribution in [1.82, 2.24) is 9.21 Å². The molecule has 0 saturated carbocycles. The number of carbonyl (C=O) groups excluding carboxylic acids is 1. The Bertz CT molecular complexity index is 1560. The summed E-state index contributed by atoms with van der Waals surface area (Å²) in [4.78, 5) is 14.9. The summed E-state index contributed by atoms with van der Waals surface area (Å²) in [5.41, 5.74) is -0.300. The molecule has 2 aromatic carbocycles. The number of nitrogens with two attached hydrogens (primary N) is 1. The lowest BCUT2D eigenvalue weighted by molar-refractivity contribution is -0.129. The van der Waals surface area contributed by atoms with Crippen molar-refractivity contribution in [3.8, 4) is 0 Å². The van der Waals surface area contributed by atoms with Gasteiger partial charge in [-0.15, -0.1) is 0 Å². The number of fused-ring (bicyclic) bond motifs is 1. The third-order valence-corrected chi connectivity index (χ3v) is 8.69. The minimum Gasteiger partial charge on any atom is -0.509 e. The molecule has 1 atom stereocenters. The number of nitrogens with zero attached hydrogens (tertiary/aromatic N) is 3. The lowest BCUT2D eigenvalue weighted by Crippen LogP contribution is -2.43. The average molecular weight is 551 g/mol. The van der Waals surface area contributed by atoms with Crippen LogP contribution in [0.4, 0.5) is 4.39 Å². The van der Waals surface area contributed by atoms with Crippen molar-refractivity contribution < 1.29 is 31.1 Å². The normalized spacial score (nSPS) is 19.5. The van der Waals surface area contributed by atoms with Crippen molar-refractivity contribution in [3.63, 3.8) is 0 Å². The zero-order valence-corrected chi connectivity index (χ0v) is 22.3. The Labute approximate surface area is 215 Å². The Balaban J connectivity index is 1.82. The van der Waals surface area contributed by atoms with Crippen LogP contribution in [-0.2, 0) is 38.1 Å². The maximum atomic E-state index is 13.7. The molecule has 0 aliphatic carbocycles. The van der Waals surface area contributed by atoms with Crippen LogP contribution in [0, 0.1) is 11.2 Å². The van der Waals surface area contributed by atoms with Gasteiger partial charge in [-0.1, -0.05) is 51.1 Å². The van der Waals surface area contributed by atoms with Crippen LogP contribution in [0.3, 0.4) is 0 Å². The van der Waals surface area contributed by atoms with E-state index in [1.807, 2.05) is 20.8 Å². The molecular weight excluding hydrogens is 523 g/mol. The van der Waals surface area contributed by atoms with Gasteiger partial charge in [0.05, 0.1) is 6.04 Å². The monoisotopic (exact) mass is 550 g/mol. The van der Waals surface area contributed by atoms with E-state index in [0.717, 1.165) is 4.31 Å². The standard InChI is InChI=1S/C24H27FN4O6S2/c1-24(2,3)22-20(30)18(23(31)29(22)12-14-8-10-16(25)11-9-14)19-17-7-5-6-15(13-28(4)37(26,34)35)21(17)36(32,33)27-19/h5-11,22,30H,12-13H2,1-4H3,(H2,26,34,35)/t22-/m1/s1. The maximum Gasteiger partial charge on any atom is 0.283 e. The summed E-state index contributed by atoms with van der Waals surface area (Å²) in [5, 5.41) is 16.5. The molecule has 13 heteroatoms. The van der Waals surface area contributed by atoms with E-state index in [2.05, 4.69) is 4.40 Å². The molecule has 4 rings (SSSR count). The van der Waals surface area contributed by atoms with E-state index in [9.17, 15) is 31.1 Å². The molecule has 2 aromatic rings. The Kier molecular flexibility index (Phi) is 6.56. The summed E-state index contributed by atoms with van der Waals surface area (Å²) in [6.45, 7) is 5.17. The molecule has 0 aromatic heterocycles. The van der Waals surface area contributed by atoms with Gasteiger partial charge in [0.25, 0.3) is 26.1 Å². The van der Waals surface area contributed by atoms with Gasteiger partial charge < -0.3 is 10.0 Å². The van der Waals surface area contributed by atoms with Gasteiger partial charge in [-0.05, 0) is 28.7 Å². The fourth-order valence-corrected chi connectivity index (χ4v) is 6.38. The number of sulfonamides is 1. The van der Waals surface area contributed by atoms with E-state index in [0.29, 0.717) is 5.56 Å². The summed E-state index contributed by atoms with van der Waals surface area (Å²) in [6.07, 6.45) is 0. The lowest BCUT2D eigenvalue weighted by Gasteiger charge is -2.35. The van der Waals surface area contributed by atoms with Crippen molar-refractivity contribution in [2.75, 3.05) is 7.05 Å². The van der Waals surface area contributed by atoms with Crippen LogP contribution in [0.2, 0.25) is 0 Å². The van der Waals surface area contributed by atoms with Gasteiger partial charge in [0, 0.05) is 25.7 Å². The van der Waals surface area contributed by atoms with Crippen molar-refractivity contribution >= 4 is 31.9 Å². The average Bonchev–Trinajstić information content (AvgIpc) is 3.18. The Morgan fingerprint density at radius 1 is 1.16 bits per heavy atom. The molecule has 3 N–H and O–H groups in total. The van der Waals surface area contributed by atoms with Gasteiger partial charge >= 0.3 is 0 Å². The molecule has 10 nitrogen and oxygen atoms in total. The maximum absolute atomic E-state index is 13.7. The fourth-order valence-electron chi connectivity index (χ4n) is 4.63. The summed E-state index contributed by atoms with van der Waals surface area (Å²) in [7, 11) is -7.22. The van der Waals surface area contributed by atoms with Crippen LogP contribution in [0.1, 0.15) is 37.5 Å². The second kappa shape index (κ2) is 9.01. The topological polar surface area (TPSA) is 150 Å². The number of benzene rings is 2. The molecule has 0 spiro atoms. The van der Waals surface area contributed by atoms with Gasteiger partial charge in [0.15, 0.2) is 0 Å². The second-order valence-electron chi connectivity index (χ2n) is 10.1. The minimum absolute atomic E-state index is 0.0424. The van der Waals surface area contributed by atoms with E-state index in [1.165, 1.54) is 54.4 Å². The molecule has 198 valence electrons. The van der Waals surface area contributed by atoms with E-state index in [4.69, 9.17) is 5.14 Å². The number of amides is 1. The Morgan fingerprint density at radius 3 is 2.35 bits per heavy atom. The molecule has 0 bridgehead atoms. The second-order valence-corrected chi connectivity index (χ2v) is 13.3. The minimum atomic E-state index is -4.33. The van der Waals surface area contributed by atoms with Crippen LogP contribution < -0.4 is 5.14 Å². The van der Waals surface area contributed by atoms with Gasteiger partial charge in [0.2, 0.25) is 0 Å². The highest BCUT2D eigenvalue weighted by atomic mass is 32.2. The van der Waals surface area contributed by atoms with Gasteiger partial charge in [-0.25, -0.2) is 9.53 Å². The molecule has 0 saturated heterocycles. The molecule has 2 heterocycles. The van der Waals surface area contributed by atoms with Crippen LogP contribution in [-0.4, -0.2) is 55.9 Å². The fraction of sp³-hybridized carbons (Fsp3) is 0.333.